The number of aromatic carboxylic acids is 1. The Hall–Kier alpha value is -1.69. The molecule has 0 saturated carbocycles. The molecule has 1 N–H and O–H groups in total. The lowest BCUT2D eigenvalue weighted by atomic mass is 10.1. The van der Waals surface area contributed by atoms with E-state index in [0.29, 0.717) is 12.1 Å². The van der Waals surface area contributed by atoms with Crippen molar-refractivity contribution in [1.29, 1.82) is 0 Å². The molecule has 6 heteroatoms. The van der Waals surface area contributed by atoms with E-state index in [1.54, 1.807) is 10.7 Å². The Kier molecular flexibility index (Phi) is 3.71. The summed E-state index contributed by atoms with van der Waals surface area (Å²) in [7, 11) is 0. The lowest BCUT2D eigenvalue weighted by molar-refractivity contribution is 0.0692. The fourth-order valence-electron chi connectivity index (χ4n) is 1.83. The molecule has 1 heterocycles. The van der Waals surface area contributed by atoms with E-state index in [1.807, 2.05) is 13.8 Å². The molecule has 19 heavy (non-hydrogen) atoms. The number of benzene rings is 1. The number of carboxylic acid groups (broad SMARTS) is 1. The van der Waals surface area contributed by atoms with Gasteiger partial charge in [-0.25, -0.2) is 9.18 Å². The number of hydrogen-bond acceptors (Lipinski definition) is 2. The monoisotopic (exact) mass is 326 g/mol. The molecular weight excluding hydrogens is 315 g/mol. The average molecular weight is 327 g/mol. The highest BCUT2D eigenvalue weighted by Crippen LogP contribution is 2.21. The van der Waals surface area contributed by atoms with Crippen LogP contribution in [0.2, 0.25) is 0 Å². The van der Waals surface area contributed by atoms with E-state index in [9.17, 15) is 9.18 Å². The quantitative estimate of drug-likeness (QED) is 0.942. The van der Waals surface area contributed by atoms with Crippen molar-refractivity contribution in [2.45, 2.75) is 20.4 Å². The second-order valence-electron chi connectivity index (χ2n) is 4.26. The van der Waals surface area contributed by atoms with Crippen LogP contribution in [0.1, 0.15) is 27.3 Å². The highest BCUT2D eigenvalue weighted by atomic mass is 79.9. The van der Waals surface area contributed by atoms with Crippen molar-refractivity contribution >= 4 is 21.9 Å². The molecule has 100 valence electrons. The zero-order valence-electron chi connectivity index (χ0n) is 10.4. The third kappa shape index (κ3) is 2.68. The van der Waals surface area contributed by atoms with Gasteiger partial charge in [0.2, 0.25) is 0 Å². The molecule has 1 aromatic carbocycles. The lowest BCUT2D eigenvalue weighted by Gasteiger charge is -2.06. The first kappa shape index (κ1) is 13.7. The van der Waals surface area contributed by atoms with Gasteiger partial charge >= 0.3 is 5.97 Å². The van der Waals surface area contributed by atoms with Crippen molar-refractivity contribution in [1.82, 2.24) is 9.78 Å². The third-order valence-electron chi connectivity index (χ3n) is 2.89. The molecule has 2 rings (SSSR count). The van der Waals surface area contributed by atoms with Crippen LogP contribution in [0.4, 0.5) is 4.39 Å². The summed E-state index contributed by atoms with van der Waals surface area (Å²) in [6, 6.07) is 4.10. The molecular formula is C13H12BrFN2O2. The SMILES string of the molecule is Cc1nn(Cc2ccc(C(=O)O)c(F)c2)c(C)c1Br. The van der Waals surface area contributed by atoms with E-state index < -0.39 is 11.8 Å². The van der Waals surface area contributed by atoms with Gasteiger partial charge in [0.05, 0.1) is 28.0 Å². The standard InChI is InChI=1S/C13H12BrFN2O2/c1-7-12(14)8(2)17(16-7)6-9-3-4-10(13(18)19)11(15)5-9/h3-5H,6H2,1-2H3,(H,18,19). The topological polar surface area (TPSA) is 55.1 Å². The molecule has 0 aliphatic carbocycles. The molecule has 0 spiro atoms. The highest BCUT2D eigenvalue weighted by Gasteiger charge is 2.12. The van der Waals surface area contributed by atoms with Crippen LogP contribution in [-0.4, -0.2) is 20.9 Å². The van der Waals surface area contributed by atoms with E-state index in [4.69, 9.17) is 5.11 Å². The third-order valence-corrected chi connectivity index (χ3v) is 4.04. The smallest absolute Gasteiger partial charge is 0.338 e. The first-order valence-electron chi connectivity index (χ1n) is 5.61. The average Bonchev–Trinajstić information content (AvgIpc) is 2.57. The van der Waals surface area contributed by atoms with Crippen LogP contribution in [0, 0.1) is 19.7 Å². The lowest BCUT2D eigenvalue weighted by Crippen LogP contribution is -2.06. The zero-order valence-corrected chi connectivity index (χ0v) is 12.0. The summed E-state index contributed by atoms with van der Waals surface area (Å²) in [6.07, 6.45) is 0. The van der Waals surface area contributed by atoms with Crippen LogP contribution in [0.25, 0.3) is 0 Å². The molecule has 0 atom stereocenters. The van der Waals surface area contributed by atoms with Gasteiger partial charge in [-0.05, 0) is 47.5 Å². The number of hydrogen-bond donors (Lipinski definition) is 1. The fraction of sp³-hybridized carbons (Fsp3) is 0.231. The largest absolute Gasteiger partial charge is 0.478 e. The van der Waals surface area contributed by atoms with E-state index in [0.717, 1.165) is 15.9 Å². The minimum absolute atomic E-state index is 0.321. The molecule has 0 amide bonds. The van der Waals surface area contributed by atoms with Gasteiger partial charge in [0, 0.05) is 0 Å². The first-order chi connectivity index (χ1) is 8.90. The molecule has 0 aliphatic rings. The molecule has 0 fully saturated rings. The molecule has 0 radical (unpaired) electrons. The number of rotatable bonds is 3. The molecule has 0 aliphatic heterocycles. The van der Waals surface area contributed by atoms with Gasteiger partial charge in [0.1, 0.15) is 5.82 Å². The van der Waals surface area contributed by atoms with Gasteiger partial charge in [0.15, 0.2) is 0 Å². The first-order valence-corrected chi connectivity index (χ1v) is 6.40. The maximum atomic E-state index is 13.6. The van der Waals surface area contributed by atoms with E-state index in [2.05, 4.69) is 21.0 Å². The highest BCUT2D eigenvalue weighted by molar-refractivity contribution is 9.10. The number of aromatic nitrogens is 2. The van der Waals surface area contributed by atoms with Crippen molar-refractivity contribution < 1.29 is 14.3 Å². The fourth-order valence-corrected chi connectivity index (χ4v) is 2.12. The number of nitrogens with zero attached hydrogens (tertiary/aromatic N) is 2. The molecule has 0 unspecified atom stereocenters. The second kappa shape index (κ2) is 5.13. The Bertz CT molecular complexity index is 652. The number of halogens is 2. The van der Waals surface area contributed by atoms with Crippen molar-refractivity contribution in [3.63, 3.8) is 0 Å². The van der Waals surface area contributed by atoms with Gasteiger partial charge in [-0.2, -0.15) is 5.10 Å². The molecule has 1 aromatic heterocycles. The summed E-state index contributed by atoms with van der Waals surface area (Å²) in [6.45, 7) is 4.18. The molecule has 2 aromatic rings. The van der Waals surface area contributed by atoms with Gasteiger partial charge in [-0.3, -0.25) is 4.68 Å². The summed E-state index contributed by atoms with van der Waals surface area (Å²) in [5.41, 5.74) is 2.15. The van der Waals surface area contributed by atoms with Crippen LogP contribution in [0.15, 0.2) is 22.7 Å². The Morgan fingerprint density at radius 3 is 2.63 bits per heavy atom. The zero-order chi connectivity index (χ0) is 14.2. The molecule has 0 bridgehead atoms. The number of carbonyl (C=O) groups is 1. The minimum atomic E-state index is -1.27. The van der Waals surface area contributed by atoms with Crippen molar-refractivity contribution in [2.75, 3.05) is 0 Å². The van der Waals surface area contributed by atoms with Crippen LogP contribution in [-0.2, 0) is 6.54 Å². The Morgan fingerprint density at radius 1 is 1.47 bits per heavy atom. The maximum absolute atomic E-state index is 13.6. The van der Waals surface area contributed by atoms with Crippen LogP contribution >= 0.6 is 15.9 Å². The predicted molar refractivity (Wildman–Crippen MR) is 71.9 cm³/mol. The maximum Gasteiger partial charge on any atom is 0.338 e. The summed E-state index contributed by atoms with van der Waals surface area (Å²) >= 11 is 3.42. The number of aryl methyl sites for hydroxylation is 1. The minimum Gasteiger partial charge on any atom is -0.478 e. The van der Waals surface area contributed by atoms with Gasteiger partial charge in [-0.1, -0.05) is 6.07 Å². The molecule has 0 saturated heterocycles. The van der Waals surface area contributed by atoms with Gasteiger partial charge in [0.25, 0.3) is 0 Å². The van der Waals surface area contributed by atoms with Crippen LogP contribution in [0.5, 0.6) is 0 Å². The predicted octanol–water partition coefficient (Wildman–Crippen LogP) is 3.15. The summed E-state index contributed by atoms with van der Waals surface area (Å²) in [4.78, 5) is 10.7. The van der Waals surface area contributed by atoms with E-state index in [-0.39, 0.29) is 5.56 Å². The van der Waals surface area contributed by atoms with E-state index >= 15 is 0 Å². The summed E-state index contributed by atoms with van der Waals surface area (Å²) in [5.74, 6) is -2.00. The summed E-state index contributed by atoms with van der Waals surface area (Å²) in [5, 5.41) is 13.1. The second-order valence-corrected chi connectivity index (χ2v) is 5.05. The van der Waals surface area contributed by atoms with Crippen molar-refractivity contribution in [3.05, 3.63) is 51.0 Å². The van der Waals surface area contributed by atoms with Gasteiger partial charge in [-0.15, -0.1) is 0 Å². The van der Waals surface area contributed by atoms with Crippen molar-refractivity contribution in [2.24, 2.45) is 0 Å². The van der Waals surface area contributed by atoms with Gasteiger partial charge < -0.3 is 5.11 Å². The van der Waals surface area contributed by atoms with Crippen molar-refractivity contribution in [3.8, 4) is 0 Å². The number of carboxylic acids is 1. The normalized spacial score (nSPS) is 10.7. The Balaban J connectivity index is 2.31. The summed E-state index contributed by atoms with van der Waals surface area (Å²) < 4.78 is 16.2. The Labute approximate surface area is 118 Å². The molecule has 4 nitrogen and oxygen atoms in total. The van der Waals surface area contributed by atoms with Crippen LogP contribution in [0.3, 0.4) is 0 Å². The Morgan fingerprint density at radius 2 is 2.16 bits per heavy atom. The van der Waals surface area contributed by atoms with E-state index in [1.165, 1.54) is 12.1 Å². The van der Waals surface area contributed by atoms with Crippen LogP contribution < -0.4 is 0 Å².